The van der Waals surface area contributed by atoms with Crippen LogP contribution < -0.4 is 5.56 Å². The van der Waals surface area contributed by atoms with Gasteiger partial charge in [0.15, 0.2) is 5.65 Å². The fourth-order valence-corrected chi connectivity index (χ4v) is 2.85. The minimum Gasteiger partial charge on any atom is -0.305 e. The van der Waals surface area contributed by atoms with Crippen molar-refractivity contribution in [2.24, 2.45) is 0 Å². The first-order valence-electron chi connectivity index (χ1n) is 7.87. The number of rotatable bonds is 2. The normalized spacial score (nSPS) is 11.0. The lowest BCUT2D eigenvalue weighted by atomic mass is 10.0. The molecule has 0 bridgehead atoms. The van der Waals surface area contributed by atoms with Gasteiger partial charge in [-0.15, -0.1) is 0 Å². The highest BCUT2D eigenvalue weighted by atomic mass is 16.1. The van der Waals surface area contributed by atoms with Crippen molar-refractivity contribution in [2.45, 2.75) is 13.8 Å². The van der Waals surface area contributed by atoms with Gasteiger partial charge in [-0.05, 0) is 44.2 Å². The molecule has 0 unspecified atom stereocenters. The van der Waals surface area contributed by atoms with Gasteiger partial charge in [0.25, 0.3) is 0 Å². The summed E-state index contributed by atoms with van der Waals surface area (Å²) in [6, 6.07) is 10.9. The maximum absolute atomic E-state index is 11.6. The van der Waals surface area contributed by atoms with Crippen LogP contribution in [0.25, 0.3) is 33.7 Å². The standard InChI is InChI=1S/C19H15N5O/c1-11-9-14(10-12(2)21-11)18-17(13-5-7-20-8-6-13)24-19-15(22-18)3-4-16(25)23-19/h3-10H,1-2H3,(H,23,24,25). The molecule has 6 nitrogen and oxygen atoms in total. The van der Waals surface area contributed by atoms with E-state index in [1.165, 1.54) is 6.07 Å². The average molecular weight is 329 g/mol. The maximum Gasteiger partial charge on any atom is 0.249 e. The van der Waals surface area contributed by atoms with Gasteiger partial charge in [-0.2, -0.15) is 0 Å². The van der Waals surface area contributed by atoms with Crippen LogP contribution in [0.1, 0.15) is 11.4 Å². The quantitative estimate of drug-likeness (QED) is 0.611. The molecule has 0 aliphatic heterocycles. The third kappa shape index (κ3) is 2.89. The summed E-state index contributed by atoms with van der Waals surface area (Å²) in [5, 5.41) is 0. The van der Waals surface area contributed by atoms with Gasteiger partial charge in [-0.3, -0.25) is 14.8 Å². The predicted molar refractivity (Wildman–Crippen MR) is 96.1 cm³/mol. The second kappa shape index (κ2) is 5.90. The van der Waals surface area contributed by atoms with Gasteiger partial charge in [0.1, 0.15) is 5.52 Å². The summed E-state index contributed by atoms with van der Waals surface area (Å²) in [5.74, 6) is 0. The van der Waals surface area contributed by atoms with Crippen LogP contribution in [0, 0.1) is 13.8 Å². The molecule has 4 aromatic rings. The topological polar surface area (TPSA) is 84.4 Å². The third-order valence-electron chi connectivity index (χ3n) is 3.87. The summed E-state index contributed by atoms with van der Waals surface area (Å²) in [4.78, 5) is 32.3. The maximum atomic E-state index is 11.6. The monoisotopic (exact) mass is 329 g/mol. The molecule has 25 heavy (non-hydrogen) atoms. The molecule has 0 atom stereocenters. The molecule has 0 saturated heterocycles. The van der Waals surface area contributed by atoms with Crippen molar-refractivity contribution in [3.05, 3.63) is 70.5 Å². The highest BCUT2D eigenvalue weighted by molar-refractivity contribution is 5.84. The minimum absolute atomic E-state index is 0.203. The first-order chi connectivity index (χ1) is 12.1. The molecule has 0 aliphatic carbocycles. The van der Waals surface area contributed by atoms with E-state index in [9.17, 15) is 4.79 Å². The Kier molecular flexibility index (Phi) is 3.57. The van der Waals surface area contributed by atoms with Gasteiger partial charge in [-0.1, -0.05) is 0 Å². The smallest absolute Gasteiger partial charge is 0.249 e. The fraction of sp³-hybridized carbons (Fsp3) is 0.105. The minimum atomic E-state index is -0.203. The number of aromatic amines is 1. The molecule has 122 valence electrons. The molecule has 0 fully saturated rings. The number of H-pyrrole nitrogens is 1. The SMILES string of the molecule is Cc1cc(-c2nc3ccc(=O)[nH]c3nc2-c2ccncc2)cc(C)n1. The van der Waals surface area contributed by atoms with Gasteiger partial charge in [-0.25, -0.2) is 9.97 Å². The van der Waals surface area contributed by atoms with Crippen LogP contribution in [0.15, 0.2) is 53.6 Å². The summed E-state index contributed by atoms with van der Waals surface area (Å²) in [7, 11) is 0. The van der Waals surface area contributed by atoms with Crippen molar-refractivity contribution < 1.29 is 0 Å². The Morgan fingerprint density at radius 1 is 0.800 bits per heavy atom. The summed E-state index contributed by atoms with van der Waals surface area (Å²) >= 11 is 0. The van der Waals surface area contributed by atoms with Crippen molar-refractivity contribution in [2.75, 3.05) is 0 Å². The van der Waals surface area contributed by atoms with Gasteiger partial charge in [0, 0.05) is 41.0 Å². The van der Waals surface area contributed by atoms with E-state index < -0.39 is 0 Å². The van der Waals surface area contributed by atoms with E-state index >= 15 is 0 Å². The van der Waals surface area contributed by atoms with Crippen molar-refractivity contribution in [1.29, 1.82) is 0 Å². The van der Waals surface area contributed by atoms with Crippen LogP contribution in [0.3, 0.4) is 0 Å². The van der Waals surface area contributed by atoms with Crippen molar-refractivity contribution in [3.63, 3.8) is 0 Å². The lowest BCUT2D eigenvalue weighted by Crippen LogP contribution is -2.06. The first kappa shape index (κ1) is 15.1. The number of fused-ring (bicyclic) bond motifs is 1. The van der Waals surface area contributed by atoms with E-state index in [0.29, 0.717) is 16.9 Å². The molecule has 4 aromatic heterocycles. The van der Waals surface area contributed by atoms with E-state index in [1.807, 2.05) is 38.1 Å². The third-order valence-corrected chi connectivity index (χ3v) is 3.87. The van der Waals surface area contributed by atoms with Gasteiger partial charge >= 0.3 is 0 Å². The van der Waals surface area contributed by atoms with Gasteiger partial charge < -0.3 is 4.98 Å². The van der Waals surface area contributed by atoms with Gasteiger partial charge in [0.2, 0.25) is 5.56 Å². The molecule has 4 heterocycles. The molecule has 6 heteroatoms. The second-order valence-electron chi connectivity index (χ2n) is 5.85. The number of nitrogens with one attached hydrogen (secondary N) is 1. The number of pyridine rings is 3. The Morgan fingerprint density at radius 3 is 2.20 bits per heavy atom. The van der Waals surface area contributed by atoms with Crippen molar-refractivity contribution in [1.82, 2.24) is 24.9 Å². The summed E-state index contributed by atoms with van der Waals surface area (Å²) in [6.45, 7) is 3.91. The van der Waals surface area contributed by atoms with Crippen LogP contribution >= 0.6 is 0 Å². The Balaban J connectivity index is 2.07. The average Bonchev–Trinajstić information content (AvgIpc) is 2.60. The Hall–Kier alpha value is -3.41. The zero-order valence-electron chi connectivity index (χ0n) is 13.8. The molecule has 0 spiro atoms. The van der Waals surface area contributed by atoms with Crippen LogP contribution in [0.5, 0.6) is 0 Å². The highest BCUT2D eigenvalue weighted by Crippen LogP contribution is 2.30. The number of aromatic nitrogens is 5. The van der Waals surface area contributed by atoms with Crippen molar-refractivity contribution in [3.8, 4) is 22.5 Å². The molecular formula is C19H15N5O. The van der Waals surface area contributed by atoms with E-state index in [4.69, 9.17) is 4.98 Å². The molecule has 0 radical (unpaired) electrons. The predicted octanol–water partition coefficient (Wildman–Crippen LogP) is 3.06. The molecule has 0 saturated carbocycles. The van der Waals surface area contributed by atoms with E-state index in [2.05, 4.69) is 19.9 Å². The number of hydrogen-bond acceptors (Lipinski definition) is 5. The number of aryl methyl sites for hydroxylation is 2. The van der Waals surface area contributed by atoms with Crippen LogP contribution in [-0.2, 0) is 0 Å². The van der Waals surface area contributed by atoms with E-state index in [-0.39, 0.29) is 5.56 Å². The lowest BCUT2D eigenvalue weighted by molar-refractivity contribution is 1.12. The van der Waals surface area contributed by atoms with E-state index in [0.717, 1.165) is 28.2 Å². The first-order valence-corrected chi connectivity index (χ1v) is 7.87. The largest absolute Gasteiger partial charge is 0.305 e. The number of nitrogens with zero attached hydrogens (tertiary/aromatic N) is 4. The Labute approximate surface area is 143 Å². The lowest BCUT2D eigenvalue weighted by Gasteiger charge is -2.11. The fourth-order valence-electron chi connectivity index (χ4n) is 2.85. The Bertz CT molecular complexity index is 1120. The highest BCUT2D eigenvalue weighted by Gasteiger charge is 2.14. The number of hydrogen-bond donors (Lipinski definition) is 1. The van der Waals surface area contributed by atoms with E-state index in [1.54, 1.807) is 18.5 Å². The molecule has 0 aliphatic rings. The summed E-state index contributed by atoms with van der Waals surface area (Å²) < 4.78 is 0. The van der Waals surface area contributed by atoms with Crippen LogP contribution in [0.2, 0.25) is 0 Å². The summed E-state index contributed by atoms with van der Waals surface area (Å²) in [6.07, 6.45) is 3.42. The van der Waals surface area contributed by atoms with Gasteiger partial charge in [0.05, 0.1) is 11.4 Å². The van der Waals surface area contributed by atoms with Crippen LogP contribution in [0.4, 0.5) is 0 Å². The summed E-state index contributed by atoms with van der Waals surface area (Å²) in [5.41, 5.74) is 6.00. The van der Waals surface area contributed by atoms with Crippen LogP contribution in [-0.4, -0.2) is 24.9 Å². The molecular weight excluding hydrogens is 314 g/mol. The molecule has 1 N–H and O–H groups in total. The molecule has 0 aromatic carbocycles. The van der Waals surface area contributed by atoms with Crippen molar-refractivity contribution >= 4 is 11.2 Å². The second-order valence-corrected chi connectivity index (χ2v) is 5.85. The zero-order valence-corrected chi connectivity index (χ0v) is 13.8. The zero-order chi connectivity index (χ0) is 17.4. The Morgan fingerprint density at radius 2 is 1.48 bits per heavy atom. The molecule has 0 amide bonds. The molecule has 4 rings (SSSR count).